The van der Waals surface area contributed by atoms with Crippen LogP contribution in [0.2, 0.25) is 0 Å². The summed E-state index contributed by atoms with van der Waals surface area (Å²) in [5.74, 6) is -0.156. The second-order valence-electron chi connectivity index (χ2n) is 4.84. The fourth-order valence-electron chi connectivity index (χ4n) is 2.72. The Balaban J connectivity index is 2.07. The average Bonchev–Trinajstić information content (AvgIpc) is 2.90. The number of nitrogens with one attached hydrogen (secondary N) is 1. The number of amides is 1. The molecule has 0 aliphatic carbocycles. The summed E-state index contributed by atoms with van der Waals surface area (Å²) in [7, 11) is 0. The van der Waals surface area contributed by atoms with Gasteiger partial charge in [0.05, 0.1) is 0 Å². The van der Waals surface area contributed by atoms with E-state index in [1.807, 2.05) is 0 Å². The van der Waals surface area contributed by atoms with Crippen molar-refractivity contribution in [3.63, 3.8) is 0 Å². The Hall–Kier alpha value is -1.62. The van der Waals surface area contributed by atoms with Gasteiger partial charge in [-0.3, -0.25) is 14.5 Å². The minimum atomic E-state index is -0.213. The Morgan fingerprint density at radius 1 is 1.47 bits per heavy atom. The summed E-state index contributed by atoms with van der Waals surface area (Å²) in [4.78, 5) is 30.9. The van der Waals surface area contributed by atoms with Crippen LogP contribution in [0, 0.1) is 0 Å². The number of aromatic nitrogens is 1. The smallest absolute Gasteiger partial charge is 0.259 e. The van der Waals surface area contributed by atoms with Gasteiger partial charge in [-0.2, -0.15) is 0 Å². The molecule has 5 nitrogen and oxygen atoms in total. The minimum Gasteiger partial charge on any atom is -0.367 e. The summed E-state index contributed by atoms with van der Waals surface area (Å²) in [5, 5.41) is 0. The molecule has 1 aliphatic heterocycles. The van der Waals surface area contributed by atoms with Crippen molar-refractivity contribution in [3.8, 4) is 0 Å². The molecule has 1 fully saturated rings. The topological polar surface area (TPSA) is 56.4 Å². The third-order valence-electron chi connectivity index (χ3n) is 3.83. The fraction of sp³-hybridized carbons (Fsp3) is 0.571. The molecule has 0 aromatic carbocycles. The normalized spacial score (nSPS) is 19.1. The van der Waals surface area contributed by atoms with Crippen LogP contribution >= 0.6 is 0 Å². The minimum absolute atomic E-state index is 0.156. The number of aromatic amines is 1. The molecule has 1 atom stereocenters. The molecule has 2 heterocycles. The number of likely N-dealkylation sites (N-methyl/N-ethyl adjacent to an activating group) is 1. The number of H-pyrrole nitrogens is 1. The maximum absolute atomic E-state index is 12.3. The molecule has 1 amide bonds. The lowest BCUT2D eigenvalue weighted by Crippen LogP contribution is -2.39. The van der Waals surface area contributed by atoms with E-state index in [1.165, 1.54) is 12.3 Å². The first-order valence-corrected chi connectivity index (χ1v) is 6.87. The highest BCUT2D eigenvalue weighted by molar-refractivity contribution is 5.94. The van der Waals surface area contributed by atoms with Crippen LogP contribution in [0.15, 0.2) is 23.3 Å². The van der Waals surface area contributed by atoms with Gasteiger partial charge in [-0.05, 0) is 19.5 Å². The number of nitrogens with zero attached hydrogens (tertiary/aromatic N) is 2. The van der Waals surface area contributed by atoms with E-state index in [2.05, 4.69) is 23.7 Å². The summed E-state index contributed by atoms with van der Waals surface area (Å²) in [6.07, 6.45) is 4.02. The van der Waals surface area contributed by atoms with Crippen molar-refractivity contribution in [3.05, 3.63) is 34.2 Å². The van der Waals surface area contributed by atoms with Crippen molar-refractivity contribution in [2.75, 3.05) is 26.2 Å². The average molecular weight is 263 g/mol. The molecule has 1 aromatic heterocycles. The number of hydrogen-bond acceptors (Lipinski definition) is 3. The highest BCUT2D eigenvalue weighted by atomic mass is 16.2. The van der Waals surface area contributed by atoms with Crippen molar-refractivity contribution in [1.82, 2.24) is 14.8 Å². The van der Waals surface area contributed by atoms with Gasteiger partial charge in [0.25, 0.3) is 5.91 Å². The number of hydrogen-bond donors (Lipinski definition) is 1. The molecule has 0 radical (unpaired) electrons. The zero-order valence-corrected chi connectivity index (χ0v) is 11.6. The molecule has 104 valence electrons. The Morgan fingerprint density at radius 2 is 2.21 bits per heavy atom. The molecule has 1 aromatic rings. The summed E-state index contributed by atoms with van der Waals surface area (Å²) in [5.41, 5.74) is 0.0257. The van der Waals surface area contributed by atoms with Crippen LogP contribution in [0.3, 0.4) is 0 Å². The van der Waals surface area contributed by atoms with Crippen LogP contribution in [-0.2, 0) is 0 Å². The zero-order valence-electron chi connectivity index (χ0n) is 11.6. The van der Waals surface area contributed by atoms with Gasteiger partial charge in [-0.15, -0.1) is 0 Å². The molecule has 1 aliphatic rings. The first-order valence-electron chi connectivity index (χ1n) is 6.87. The van der Waals surface area contributed by atoms with Crippen molar-refractivity contribution in [1.29, 1.82) is 0 Å². The number of pyridine rings is 1. The molecule has 2 rings (SSSR count). The third kappa shape index (κ3) is 2.87. The quantitative estimate of drug-likeness (QED) is 0.879. The first-order chi connectivity index (χ1) is 9.17. The van der Waals surface area contributed by atoms with Crippen LogP contribution in [-0.4, -0.2) is 52.9 Å². The predicted octanol–water partition coefficient (Wildman–Crippen LogP) is 0.931. The van der Waals surface area contributed by atoms with Crippen LogP contribution < -0.4 is 5.43 Å². The molecule has 5 heteroatoms. The third-order valence-corrected chi connectivity index (χ3v) is 3.83. The van der Waals surface area contributed by atoms with Gasteiger partial charge in [0, 0.05) is 37.6 Å². The van der Waals surface area contributed by atoms with Crippen molar-refractivity contribution >= 4 is 5.91 Å². The van der Waals surface area contributed by atoms with Crippen LogP contribution in [0.1, 0.15) is 30.6 Å². The van der Waals surface area contributed by atoms with Gasteiger partial charge in [0.15, 0.2) is 5.43 Å². The Morgan fingerprint density at radius 3 is 2.84 bits per heavy atom. The lowest BCUT2D eigenvalue weighted by Gasteiger charge is -2.26. The lowest BCUT2D eigenvalue weighted by atomic mass is 10.2. The van der Waals surface area contributed by atoms with Crippen LogP contribution in [0.4, 0.5) is 0 Å². The summed E-state index contributed by atoms with van der Waals surface area (Å²) < 4.78 is 0. The first kappa shape index (κ1) is 13.8. The van der Waals surface area contributed by atoms with Gasteiger partial charge in [0.2, 0.25) is 0 Å². The van der Waals surface area contributed by atoms with Crippen molar-refractivity contribution < 1.29 is 4.79 Å². The molecule has 1 saturated heterocycles. The molecule has 19 heavy (non-hydrogen) atoms. The largest absolute Gasteiger partial charge is 0.367 e. The van der Waals surface area contributed by atoms with Gasteiger partial charge in [0.1, 0.15) is 5.56 Å². The SMILES string of the molecule is CCN(CC)C1CCN(C(=O)c2c[nH]ccc2=O)C1. The number of carbonyl (C=O) groups is 1. The Kier molecular flexibility index (Phi) is 4.37. The molecular formula is C14H21N3O2. The highest BCUT2D eigenvalue weighted by Gasteiger charge is 2.30. The summed E-state index contributed by atoms with van der Waals surface area (Å²) >= 11 is 0. The molecule has 1 unspecified atom stereocenters. The Labute approximate surface area is 113 Å². The van der Waals surface area contributed by atoms with E-state index in [0.717, 1.165) is 32.6 Å². The van der Waals surface area contributed by atoms with Gasteiger partial charge in [-0.1, -0.05) is 13.8 Å². The van der Waals surface area contributed by atoms with Crippen molar-refractivity contribution in [2.45, 2.75) is 26.3 Å². The monoisotopic (exact) mass is 263 g/mol. The molecule has 0 saturated carbocycles. The second-order valence-corrected chi connectivity index (χ2v) is 4.84. The maximum Gasteiger partial charge on any atom is 0.259 e. The van der Waals surface area contributed by atoms with Crippen molar-refractivity contribution in [2.24, 2.45) is 0 Å². The van der Waals surface area contributed by atoms with E-state index >= 15 is 0 Å². The lowest BCUT2D eigenvalue weighted by molar-refractivity contribution is 0.0776. The van der Waals surface area contributed by atoms with E-state index in [9.17, 15) is 9.59 Å². The molecular weight excluding hydrogens is 242 g/mol. The van der Waals surface area contributed by atoms with Crippen LogP contribution in [0.25, 0.3) is 0 Å². The van der Waals surface area contributed by atoms with E-state index in [4.69, 9.17) is 0 Å². The second kappa shape index (κ2) is 6.02. The van der Waals surface area contributed by atoms with Gasteiger partial charge in [-0.25, -0.2) is 0 Å². The fourth-order valence-corrected chi connectivity index (χ4v) is 2.72. The summed E-state index contributed by atoms with van der Waals surface area (Å²) in [6.45, 7) is 7.71. The van der Waals surface area contributed by atoms with E-state index in [1.54, 1.807) is 11.1 Å². The van der Waals surface area contributed by atoms with Gasteiger partial charge >= 0.3 is 0 Å². The highest BCUT2D eigenvalue weighted by Crippen LogP contribution is 2.16. The van der Waals surface area contributed by atoms with E-state index in [0.29, 0.717) is 6.04 Å². The predicted molar refractivity (Wildman–Crippen MR) is 74.3 cm³/mol. The standard InChI is InChI=1S/C14H21N3O2/c1-3-16(4-2)11-6-8-17(10-11)14(19)12-9-15-7-5-13(12)18/h5,7,9,11H,3-4,6,8,10H2,1-2H3,(H,15,18). The zero-order chi connectivity index (χ0) is 13.8. The van der Waals surface area contributed by atoms with E-state index < -0.39 is 0 Å². The maximum atomic E-state index is 12.3. The van der Waals surface area contributed by atoms with E-state index in [-0.39, 0.29) is 16.9 Å². The summed E-state index contributed by atoms with van der Waals surface area (Å²) in [6, 6.07) is 1.81. The molecule has 1 N–H and O–H groups in total. The molecule has 0 bridgehead atoms. The number of rotatable bonds is 4. The van der Waals surface area contributed by atoms with Gasteiger partial charge < -0.3 is 9.88 Å². The molecule has 0 spiro atoms. The van der Waals surface area contributed by atoms with Crippen LogP contribution in [0.5, 0.6) is 0 Å². The Bertz CT molecular complexity index is 493. The number of likely N-dealkylation sites (tertiary alicyclic amines) is 1. The number of carbonyl (C=O) groups excluding carboxylic acids is 1.